The van der Waals surface area contributed by atoms with Crippen LogP contribution < -0.4 is 5.32 Å². The maximum Gasteiger partial charge on any atom is 0.255 e. The van der Waals surface area contributed by atoms with E-state index in [2.05, 4.69) is 42.0 Å². The summed E-state index contributed by atoms with van der Waals surface area (Å²) in [5.41, 5.74) is 1.86. The lowest BCUT2D eigenvalue weighted by Gasteiger charge is -2.22. The maximum atomic E-state index is 13.5. The summed E-state index contributed by atoms with van der Waals surface area (Å²) >= 11 is 3.09. The van der Waals surface area contributed by atoms with Crippen LogP contribution in [0.3, 0.4) is 0 Å². The van der Waals surface area contributed by atoms with E-state index in [1.807, 2.05) is 18.2 Å². The molecule has 2 nitrogen and oxygen atoms in total. The van der Waals surface area contributed by atoms with Crippen molar-refractivity contribution in [3.63, 3.8) is 0 Å². The summed E-state index contributed by atoms with van der Waals surface area (Å²) in [5.74, 6) is -0.640. The number of amides is 1. The Hall–Kier alpha value is -1.68. The molecule has 0 heterocycles. The van der Waals surface area contributed by atoms with Crippen LogP contribution in [0.2, 0.25) is 0 Å². The Kier molecular flexibility index (Phi) is 4.47. The van der Waals surface area contributed by atoms with Crippen molar-refractivity contribution in [2.45, 2.75) is 26.2 Å². The summed E-state index contributed by atoms with van der Waals surface area (Å²) in [6.07, 6.45) is 0. The highest BCUT2D eigenvalue weighted by Crippen LogP contribution is 2.27. The van der Waals surface area contributed by atoms with Crippen LogP contribution in [0.15, 0.2) is 46.9 Å². The molecule has 0 aromatic heterocycles. The molecule has 0 aliphatic carbocycles. The quantitative estimate of drug-likeness (QED) is 0.799. The van der Waals surface area contributed by atoms with Gasteiger partial charge in [-0.3, -0.25) is 4.79 Å². The van der Waals surface area contributed by atoms with Gasteiger partial charge in [0.2, 0.25) is 0 Å². The standard InChI is InChI=1S/C17H17BrFNO/c1-17(2,3)13-7-5-4-6-12(13)16(21)20-11-8-9-14(18)15(19)10-11/h4-10H,1-3H3,(H,20,21). The molecule has 0 saturated carbocycles. The second-order valence-corrected chi connectivity index (χ2v) is 6.73. The molecule has 0 aliphatic heterocycles. The van der Waals surface area contributed by atoms with Gasteiger partial charge in [-0.2, -0.15) is 0 Å². The third-order valence-corrected chi connectivity index (χ3v) is 3.80. The minimum atomic E-state index is -0.406. The van der Waals surface area contributed by atoms with Crippen LogP contribution in [0.4, 0.5) is 10.1 Å². The fourth-order valence-electron chi connectivity index (χ4n) is 2.11. The van der Waals surface area contributed by atoms with Gasteiger partial charge in [0.1, 0.15) is 5.82 Å². The maximum absolute atomic E-state index is 13.5. The molecule has 0 radical (unpaired) electrons. The molecule has 0 saturated heterocycles. The molecule has 0 aliphatic rings. The van der Waals surface area contributed by atoms with E-state index < -0.39 is 5.82 Å². The lowest BCUT2D eigenvalue weighted by molar-refractivity contribution is 0.102. The minimum Gasteiger partial charge on any atom is -0.322 e. The topological polar surface area (TPSA) is 29.1 Å². The molecular weight excluding hydrogens is 333 g/mol. The molecule has 0 fully saturated rings. The molecule has 2 aromatic carbocycles. The fraction of sp³-hybridized carbons (Fsp3) is 0.235. The van der Waals surface area contributed by atoms with Crippen LogP contribution in [0.1, 0.15) is 36.7 Å². The summed E-state index contributed by atoms with van der Waals surface area (Å²) in [6.45, 7) is 6.16. The molecule has 1 amide bonds. The number of halogens is 2. The van der Waals surface area contributed by atoms with Crippen LogP contribution in [-0.2, 0) is 5.41 Å². The Bertz CT molecular complexity index is 677. The fourth-order valence-corrected chi connectivity index (χ4v) is 2.35. The second-order valence-electron chi connectivity index (χ2n) is 5.88. The van der Waals surface area contributed by atoms with Gasteiger partial charge in [-0.15, -0.1) is 0 Å². The number of hydrogen-bond acceptors (Lipinski definition) is 1. The Morgan fingerprint density at radius 3 is 2.43 bits per heavy atom. The number of carbonyl (C=O) groups is 1. The summed E-state index contributed by atoms with van der Waals surface area (Å²) < 4.78 is 13.9. The molecule has 1 N–H and O–H groups in total. The number of nitrogens with one attached hydrogen (secondary N) is 1. The van der Waals surface area contributed by atoms with Crippen LogP contribution in [0.25, 0.3) is 0 Å². The van der Waals surface area contributed by atoms with Crippen LogP contribution in [0, 0.1) is 5.82 Å². The third-order valence-electron chi connectivity index (χ3n) is 3.16. The number of hydrogen-bond donors (Lipinski definition) is 1. The van der Waals surface area contributed by atoms with Crippen molar-refractivity contribution in [1.29, 1.82) is 0 Å². The number of rotatable bonds is 2. The molecule has 2 aromatic rings. The summed E-state index contributed by atoms with van der Waals surface area (Å²) in [4.78, 5) is 12.4. The van der Waals surface area contributed by atoms with E-state index in [-0.39, 0.29) is 11.3 Å². The number of carbonyl (C=O) groups excluding carboxylic acids is 1. The second kappa shape index (κ2) is 5.98. The van der Waals surface area contributed by atoms with Gasteiger partial charge in [-0.05, 0) is 51.2 Å². The highest BCUT2D eigenvalue weighted by Gasteiger charge is 2.21. The Morgan fingerprint density at radius 1 is 1.14 bits per heavy atom. The molecule has 0 bridgehead atoms. The Balaban J connectivity index is 2.31. The zero-order valence-electron chi connectivity index (χ0n) is 12.2. The minimum absolute atomic E-state index is 0.140. The Morgan fingerprint density at radius 2 is 1.81 bits per heavy atom. The first-order chi connectivity index (χ1) is 9.79. The van der Waals surface area contributed by atoms with E-state index >= 15 is 0 Å². The highest BCUT2D eigenvalue weighted by atomic mass is 79.9. The van der Waals surface area contributed by atoms with Crippen LogP contribution in [0.5, 0.6) is 0 Å². The summed E-state index contributed by atoms with van der Waals surface area (Å²) in [5, 5.41) is 2.74. The van der Waals surface area contributed by atoms with Crippen LogP contribution >= 0.6 is 15.9 Å². The molecule has 0 unspecified atom stereocenters. The van der Waals surface area contributed by atoms with Gasteiger partial charge in [0.25, 0.3) is 5.91 Å². The van der Waals surface area contributed by atoms with Crippen molar-refractivity contribution in [1.82, 2.24) is 0 Å². The lowest BCUT2D eigenvalue weighted by Crippen LogP contribution is -2.20. The van der Waals surface area contributed by atoms with Crippen molar-refractivity contribution in [2.75, 3.05) is 5.32 Å². The van der Waals surface area contributed by atoms with Gasteiger partial charge in [0.15, 0.2) is 0 Å². The van der Waals surface area contributed by atoms with E-state index in [0.29, 0.717) is 15.7 Å². The average molecular weight is 350 g/mol. The van der Waals surface area contributed by atoms with Crippen LogP contribution in [-0.4, -0.2) is 5.91 Å². The van der Waals surface area contributed by atoms with Gasteiger partial charge in [0, 0.05) is 11.3 Å². The predicted octanol–water partition coefficient (Wildman–Crippen LogP) is 5.14. The van der Waals surface area contributed by atoms with Gasteiger partial charge < -0.3 is 5.32 Å². The molecule has 0 spiro atoms. The predicted molar refractivity (Wildman–Crippen MR) is 87.2 cm³/mol. The van der Waals surface area contributed by atoms with E-state index in [0.717, 1.165) is 5.56 Å². The average Bonchev–Trinajstić information content (AvgIpc) is 2.42. The summed E-state index contributed by atoms with van der Waals surface area (Å²) in [7, 11) is 0. The first-order valence-corrected chi connectivity index (χ1v) is 7.44. The molecule has 4 heteroatoms. The van der Waals surface area contributed by atoms with Crippen molar-refractivity contribution < 1.29 is 9.18 Å². The third kappa shape index (κ3) is 3.70. The molecule has 110 valence electrons. The number of benzene rings is 2. The molecule has 0 atom stereocenters. The van der Waals surface area contributed by atoms with Gasteiger partial charge >= 0.3 is 0 Å². The van der Waals surface area contributed by atoms with Crippen molar-refractivity contribution in [3.05, 3.63) is 63.9 Å². The molecule has 2 rings (SSSR count). The van der Waals surface area contributed by atoms with Gasteiger partial charge in [-0.1, -0.05) is 39.0 Å². The largest absolute Gasteiger partial charge is 0.322 e. The smallest absolute Gasteiger partial charge is 0.255 e. The highest BCUT2D eigenvalue weighted by molar-refractivity contribution is 9.10. The van der Waals surface area contributed by atoms with E-state index in [1.165, 1.54) is 6.07 Å². The zero-order valence-corrected chi connectivity index (χ0v) is 13.8. The van der Waals surface area contributed by atoms with Crippen molar-refractivity contribution in [2.24, 2.45) is 0 Å². The molecular formula is C17H17BrFNO. The molecule has 21 heavy (non-hydrogen) atoms. The van der Waals surface area contributed by atoms with E-state index in [4.69, 9.17) is 0 Å². The Labute approximate surface area is 132 Å². The van der Waals surface area contributed by atoms with Gasteiger partial charge in [0.05, 0.1) is 4.47 Å². The lowest BCUT2D eigenvalue weighted by atomic mass is 9.83. The first-order valence-electron chi connectivity index (χ1n) is 6.65. The zero-order chi connectivity index (χ0) is 15.6. The normalized spacial score (nSPS) is 11.3. The van der Waals surface area contributed by atoms with E-state index in [9.17, 15) is 9.18 Å². The summed E-state index contributed by atoms with van der Waals surface area (Å²) in [6, 6.07) is 12.0. The first kappa shape index (κ1) is 15.7. The monoisotopic (exact) mass is 349 g/mol. The van der Waals surface area contributed by atoms with Gasteiger partial charge in [-0.25, -0.2) is 4.39 Å². The number of anilines is 1. The van der Waals surface area contributed by atoms with E-state index in [1.54, 1.807) is 18.2 Å². The van der Waals surface area contributed by atoms with Crippen molar-refractivity contribution >= 4 is 27.5 Å². The SMILES string of the molecule is CC(C)(C)c1ccccc1C(=O)Nc1ccc(Br)c(F)c1. The van der Waals surface area contributed by atoms with Crippen molar-refractivity contribution in [3.8, 4) is 0 Å².